The molecule has 7 nitrogen and oxygen atoms in total. The number of rotatable bonds is 4. The Bertz CT molecular complexity index is 1370. The fourth-order valence-corrected chi connectivity index (χ4v) is 5.13. The molecule has 9 heteroatoms. The lowest BCUT2D eigenvalue weighted by Crippen LogP contribution is -2.46. The Labute approximate surface area is 187 Å². The van der Waals surface area contributed by atoms with Gasteiger partial charge in [0.05, 0.1) is 16.6 Å². The van der Waals surface area contributed by atoms with Gasteiger partial charge in [-0.3, -0.25) is 14.5 Å². The molecule has 32 heavy (non-hydrogen) atoms. The van der Waals surface area contributed by atoms with Gasteiger partial charge < -0.3 is 15.2 Å². The highest BCUT2D eigenvalue weighted by atomic mass is 32.1. The van der Waals surface area contributed by atoms with E-state index in [2.05, 4.69) is 32.3 Å². The predicted molar refractivity (Wildman–Crippen MR) is 125 cm³/mol. The molecule has 0 unspecified atom stereocenters. The number of halogens is 1. The van der Waals surface area contributed by atoms with Crippen molar-refractivity contribution in [1.29, 1.82) is 0 Å². The van der Waals surface area contributed by atoms with Gasteiger partial charge >= 0.3 is 0 Å². The second-order valence-corrected chi connectivity index (χ2v) is 8.76. The van der Waals surface area contributed by atoms with E-state index in [0.717, 1.165) is 46.2 Å². The molecule has 1 aliphatic heterocycles. The van der Waals surface area contributed by atoms with E-state index >= 15 is 0 Å². The van der Waals surface area contributed by atoms with Crippen LogP contribution in [-0.4, -0.2) is 54.0 Å². The number of amides is 1. The van der Waals surface area contributed by atoms with Crippen LogP contribution in [0, 0.1) is 5.95 Å². The number of hydrogen-bond acceptors (Lipinski definition) is 6. The van der Waals surface area contributed by atoms with Gasteiger partial charge in [-0.25, -0.2) is 4.98 Å². The number of nitrogens with zero attached hydrogens (tertiary/aromatic N) is 3. The van der Waals surface area contributed by atoms with Crippen molar-refractivity contribution in [1.82, 2.24) is 20.2 Å². The van der Waals surface area contributed by atoms with Crippen molar-refractivity contribution in [3.8, 4) is 0 Å². The molecule has 0 bridgehead atoms. The molecule has 3 aromatic heterocycles. The number of nitrogens with one attached hydrogen (secondary N) is 2. The summed E-state index contributed by atoms with van der Waals surface area (Å²) in [4.78, 5) is 35.0. The Balaban J connectivity index is 1.28. The Hall–Kier alpha value is -3.30. The molecule has 1 saturated heterocycles. The quantitative estimate of drug-likeness (QED) is 0.467. The van der Waals surface area contributed by atoms with Crippen molar-refractivity contribution < 1.29 is 9.18 Å². The molecule has 0 spiro atoms. The number of hydrogen-bond donors (Lipinski definition) is 2. The number of carbonyl (C=O) groups excluding carboxylic acids is 1. The third kappa shape index (κ3) is 3.74. The molecule has 164 valence electrons. The number of carbonyl (C=O) groups is 1. The van der Waals surface area contributed by atoms with Crippen LogP contribution in [-0.2, 0) is 6.54 Å². The number of pyridine rings is 2. The van der Waals surface area contributed by atoms with E-state index < -0.39 is 11.9 Å². The van der Waals surface area contributed by atoms with Gasteiger partial charge in [-0.05, 0) is 35.2 Å². The molecule has 0 aliphatic carbocycles. The van der Waals surface area contributed by atoms with E-state index in [1.807, 2.05) is 22.4 Å². The lowest BCUT2D eigenvalue weighted by atomic mass is 10.1. The minimum absolute atomic E-state index is 0.0578. The van der Waals surface area contributed by atoms with Gasteiger partial charge in [-0.15, -0.1) is 11.3 Å². The van der Waals surface area contributed by atoms with Crippen molar-refractivity contribution in [2.75, 3.05) is 38.1 Å². The second-order valence-electron chi connectivity index (χ2n) is 7.85. The molecular weight excluding hydrogens is 429 g/mol. The van der Waals surface area contributed by atoms with Crippen LogP contribution < -0.4 is 15.8 Å². The fraction of sp³-hybridized carbons (Fsp3) is 0.261. The average molecular weight is 452 g/mol. The van der Waals surface area contributed by atoms with Crippen LogP contribution in [0.5, 0.6) is 0 Å². The summed E-state index contributed by atoms with van der Waals surface area (Å²) in [5.41, 5.74) is 2.41. The third-order valence-corrected chi connectivity index (χ3v) is 6.84. The largest absolute Gasteiger partial charge is 0.365 e. The monoisotopic (exact) mass is 451 g/mol. The summed E-state index contributed by atoms with van der Waals surface area (Å²) < 4.78 is 15.5. The maximum atomic E-state index is 14.5. The summed E-state index contributed by atoms with van der Waals surface area (Å²) >= 11 is 1.58. The minimum atomic E-state index is -0.627. The summed E-state index contributed by atoms with van der Waals surface area (Å²) in [6.45, 7) is 3.63. The third-order valence-electron chi connectivity index (χ3n) is 5.89. The number of fused-ring (bicyclic) bond motifs is 3. The maximum absolute atomic E-state index is 14.5. The van der Waals surface area contributed by atoms with Crippen molar-refractivity contribution in [2.24, 2.45) is 0 Å². The maximum Gasteiger partial charge on any atom is 0.269 e. The van der Waals surface area contributed by atoms with Gasteiger partial charge in [0.15, 0.2) is 0 Å². The highest BCUT2D eigenvalue weighted by Gasteiger charge is 2.21. The van der Waals surface area contributed by atoms with Crippen LogP contribution in [0.2, 0.25) is 0 Å². The molecule has 4 aromatic rings. The first-order chi connectivity index (χ1) is 15.5. The molecule has 4 heterocycles. The number of aromatic amines is 1. The SMILES string of the molecule is CNC(=O)c1ccc(N2CCN(Cc3ccc4c(c3)[nH]c(=O)c3ccsc34)CC2)c(F)n1. The zero-order chi connectivity index (χ0) is 22.2. The molecule has 1 aliphatic rings. The normalized spacial score (nSPS) is 14.9. The van der Waals surface area contributed by atoms with E-state index in [4.69, 9.17) is 0 Å². The summed E-state index contributed by atoms with van der Waals surface area (Å²) in [5, 5.41) is 6.19. The molecular formula is C23H22FN5O2S. The standard InChI is InChI=1S/C23H22FN5O2S/c1-25-23(31)17-4-5-19(21(24)26-17)29-9-7-28(8-10-29)13-14-2-3-15-18(12-14)27-22(30)16-6-11-32-20(15)16/h2-6,11-12H,7-10,13H2,1H3,(H,25,31)(H,27,30). The summed E-state index contributed by atoms with van der Waals surface area (Å²) in [5.74, 6) is -1.03. The topological polar surface area (TPSA) is 81.3 Å². The van der Waals surface area contributed by atoms with Gasteiger partial charge in [0, 0.05) is 49.9 Å². The smallest absolute Gasteiger partial charge is 0.269 e. The Kier molecular flexibility index (Phi) is 5.36. The van der Waals surface area contributed by atoms with Crippen molar-refractivity contribution in [3.05, 3.63) is 69.3 Å². The van der Waals surface area contributed by atoms with Crippen molar-refractivity contribution >= 4 is 43.9 Å². The highest BCUT2D eigenvalue weighted by molar-refractivity contribution is 7.18. The predicted octanol–water partition coefficient (Wildman–Crippen LogP) is 2.96. The molecule has 0 radical (unpaired) electrons. The average Bonchev–Trinajstić information content (AvgIpc) is 3.30. The van der Waals surface area contributed by atoms with Gasteiger partial charge in [0.2, 0.25) is 5.95 Å². The molecule has 1 amide bonds. The molecule has 0 atom stereocenters. The number of thiophene rings is 1. The van der Waals surface area contributed by atoms with Crippen LogP contribution >= 0.6 is 11.3 Å². The van der Waals surface area contributed by atoms with Crippen LogP contribution in [0.25, 0.3) is 21.0 Å². The second kappa shape index (κ2) is 8.33. The van der Waals surface area contributed by atoms with E-state index in [1.165, 1.54) is 7.05 Å². The summed E-state index contributed by atoms with van der Waals surface area (Å²) in [6, 6.07) is 11.2. The zero-order valence-corrected chi connectivity index (χ0v) is 18.3. The number of aromatic nitrogens is 2. The Morgan fingerprint density at radius 2 is 1.97 bits per heavy atom. The first kappa shape index (κ1) is 20.6. The van der Waals surface area contributed by atoms with E-state index in [9.17, 15) is 14.0 Å². The lowest BCUT2D eigenvalue weighted by molar-refractivity contribution is 0.0957. The van der Waals surface area contributed by atoms with Gasteiger partial charge in [-0.2, -0.15) is 4.39 Å². The van der Waals surface area contributed by atoms with E-state index in [-0.39, 0.29) is 11.3 Å². The number of H-pyrrole nitrogens is 1. The first-order valence-corrected chi connectivity index (χ1v) is 11.3. The van der Waals surface area contributed by atoms with Gasteiger partial charge in [0.25, 0.3) is 11.5 Å². The summed E-state index contributed by atoms with van der Waals surface area (Å²) in [6.07, 6.45) is 0. The molecule has 1 fully saturated rings. The number of anilines is 1. The molecule has 5 rings (SSSR count). The van der Waals surface area contributed by atoms with Crippen LogP contribution in [0.3, 0.4) is 0 Å². The fourth-order valence-electron chi connectivity index (χ4n) is 4.20. The molecule has 1 aromatic carbocycles. The van der Waals surface area contributed by atoms with Crippen LogP contribution in [0.1, 0.15) is 16.1 Å². The highest BCUT2D eigenvalue weighted by Crippen LogP contribution is 2.27. The van der Waals surface area contributed by atoms with E-state index in [1.54, 1.807) is 23.5 Å². The molecule has 0 saturated carbocycles. The van der Waals surface area contributed by atoms with Crippen LogP contribution in [0.4, 0.5) is 10.1 Å². The zero-order valence-electron chi connectivity index (χ0n) is 17.5. The Morgan fingerprint density at radius 3 is 2.72 bits per heavy atom. The van der Waals surface area contributed by atoms with Crippen molar-refractivity contribution in [2.45, 2.75) is 6.54 Å². The van der Waals surface area contributed by atoms with Crippen molar-refractivity contribution in [3.63, 3.8) is 0 Å². The summed E-state index contributed by atoms with van der Waals surface area (Å²) in [7, 11) is 1.49. The molecule has 2 N–H and O–H groups in total. The Morgan fingerprint density at radius 1 is 1.16 bits per heavy atom. The lowest BCUT2D eigenvalue weighted by Gasteiger charge is -2.36. The first-order valence-electron chi connectivity index (χ1n) is 10.4. The number of benzene rings is 1. The van der Waals surface area contributed by atoms with Crippen LogP contribution in [0.15, 0.2) is 46.6 Å². The van der Waals surface area contributed by atoms with Gasteiger partial charge in [-0.1, -0.05) is 12.1 Å². The minimum Gasteiger partial charge on any atom is -0.365 e. The van der Waals surface area contributed by atoms with E-state index in [0.29, 0.717) is 18.8 Å². The number of piperazine rings is 1. The van der Waals surface area contributed by atoms with Gasteiger partial charge in [0.1, 0.15) is 5.69 Å².